The number of aryl methyl sites for hydroxylation is 1. The molecular formula is C25H25Cl2N3O3. The first kappa shape index (κ1) is 23.3. The van der Waals surface area contributed by atoms with Crippen molar-refractivity contribution in [2.24, 2.45) is 0 Å². The van der Waals surface area contributed by atoms with Crippen molar-refractivity contribution in [1.82, 2.24) is 15.2 Å². The van der Waals surface area contributed by atoms with E-state index < -0.39 is 0 Å². The average Bonchev–Trinajstić information content (AvgIpc) is 3.33. The molecule has 0 unspecified atom stereocenters. The molecule has 0 aliphatic carbocycles. The number of nitrogens with one attached hydrogen (secondary N) is 1. The maximum atomic E-state index is 12.6. The van der Waals surface area contributed by atoms with Crippen molar-refractivity contribution in [2.75, 3.05) is 13.1 Å². The number of hydrogen-bond donors (Lipinski definition) is 1. The first-order valence-electron chi connectivity index (χ1n) is 11.0. The van der Waals surface area contributed by atoms with E-state index in [4.69, 9.17) is 27.6 Å². The van der Waals surface area contributed by atoms with Crippen LogP contribution in [0.1, 0.15) is 47.3 Å². The van der Waals surface area contributed by atoms with Crippen LogP contribution in [0.5, 0.6) is 0 Å². The van der Waals surface area contributed by atoms with E-state index in [1.807, 2.05) is 35.2 Å². The molecule has 0 radical (unpaired) electrons. The number of hydrogen-bond acceptors (Lipinski definition) is 4. The predicted octanol–water partition coefficient (Wildman–Crippen LogP) is 5.52. The molecule has 2 aromatic carbocycles. The highest BCUT2D eigenvalue weighted by atomic mass is 35.5. The molecule has 8 heteroatoms. The Balaban J connectivity index is 1.28. The van der Waals surface area contributed by atoms with E-state index >= 15 is 0 Å². The lowest BCUT2D eigenvalue weighted by atomic mass is 10.1. The third kappa shape index (κ3) is 6.15. The summed E-state index contributed by atoms with van der Waals surface area (Å²) in [4.78, 5) is 31.0. The summed E-state index contributed by atoms with van der Waals surface area (Å²) in [5.74, 6) is 0.272. The number of likely N-dealkylation sites (tertiary alicyclic amines) is 1. The Morgan fingerprint density at radius 3 is 2.52 bits per heavy atom. The highest BCUT2D eigenvalue weighted by Gasteiger charge is 2.21. The van der Waals surface area contributed by atoms with Crippen molar-refractivity contribution in [2.45, 2.75) is 38.6 Å². The van der Waals surface area contributed by atoms with Crippen LogP contribution in [-0.4, -0.2) is 34.8 Å². The van der Waals surface area contributed by atoms with Gasteiger partial charge in [-0.05, 0) is 61.1 Å². The van der Waals surface area contributed by atoms with E-state index in [-0.39, 0.29) is 11.8 Å². The van der Waals surface area contributed by atoms with Gasteiger partial charge >= 0.3 is 0 Å². The molecule has 0 bridgehead atoms. The topological polar surface area (TPSA) is 75.4 Å². The molecule has 1 fully saturated rings. The van der Waals surface area contributed by atoms with E-state index in [0.717, 1.165) is 49.0 Å². The molecule has 1 aliphatic heterocycles. The molecule has 1 saturated heterocycles. The van der Waals surface area contributed by atoms with Crippen LogP contribution in [0, 0.1) is 0 Å². The van der Waals surface area contributed by atoms with Crippen molar-refractivity contribution < 1.29 is 14.0 Å². The van der Waals surface area contributed by atoms with Gasteiger partial charge < -0.3 is 14.6 Å². The van der Waals surface area contributed by atoms with Crippen LogP contribution < -0.4 is 5.32 Å². The molecule has 3 aromatic rings. The van der Waals surface area contributed by atoms with Crippen LogP contribution in [0.25, 0.3) is 11.5 Å². The normalized spacial score (nSPS) is 13.7. The van der Waals surface area contributed by atoms with Gasteiger partial charge in [0.15, 0.2) is 5.69 Å². The third-order valence-corrected chi connectivity index (χ3v) is 6.28. The van der Waals surface area contributed by atoms with Crippen LogP contribution in [0.2, 0.25) is 10.0 Å². The second kappa shape index (κ2) is 10.9. The van der Waals surface area contributed by atoms with Crippen LogP contribution in [-0.2, 0) is 17.8 Å². The second-order valence-electron chi connectivity index (χ2n) is 8.10. The van der Waals surface area contributed by atoms with Gasteiger partial charge in [-0.1, -0.05) is 41.4 Å². The minimum absolute atomic E-state index is 0.0568. The maximum absolute atomic E-state index is 12.6. The Morgan fingerprint density at radius 2 is 1.79 bits per heavy atom. The Bertz CT molecular complexity index is 1120. The zero-order valence-corrected chi connectivity index (χ0v) is 19.7. The molecule has 2 heterocycles. The number of oxazole rings is 1. The van der Waals surface area contributed by atoms with Gasteiger partial charge in [0, 0.05) is 41.7 Å². The fourth-order valence-corrected chi connectivity index (χ4v) is 4.29. The number of benzene rings is 2. The molecule has 2 amide bonds. The molecule has 0 saturated carbocycles. The van der Waals surface area contributed by atoms with E-state index in [1.54, 1.807) is 12.1 Å². The number of nitrogens with zero attached hydrogens (tertiary/aromatic N) is 2. The second-order valence-corrected chi connectivity index (χ2v) is 8.94. The van der Waals surface area contributed by atoms with E-state index in [9.17, 15) is 9.59 Å². The summed E-state index contributed by atoms with van der Waals surface area (Å²) in [5.41, 5.74) is 2.96. The Morgan fingerprint density at radius 1 is 1.03 bits per heavy atom. The Labute approximate surface area is 202 Å². The number of amides is 2. The predicted molar refractivity (Wildman–Crippen MR) is 128 cm³/mol. The van der Waals surface area contributed by atoms with Crippen LogP contribution in [0.3, 0.4) is 0 Å². The van der Waals surface area contributed by atoms with Crippen LogP contribution >= 0.6 is 23.2 Å². The highest BCUT2D eigenvalue weighted by Crippen LogP contribution is 2.23. The van der Waals surface area contributed by atoms with Gasteiger partial charge in [0.1, 0.15) is 6.26 Å². The largest absolute Gasteiger partial charge is 0.444 e. The zero-order chi connectivity index (χ0) is 23.2. The van der Waals surface area contributed by atoms with Gasteiger partial charge in [0.25, 0.3) is 5.91 Å². The summed E-state index contributed by atoms with van der Waals surface area (Å²) in [6.45, 7) is 1.96. The molecule has 172 valence electrons. The summed E-state index contributed by atoms with van der Waals surface area (Å²) >= 11 is 12.1. The number of halogens is 2. The zero-order valence-electron chi connectivity index (χ0n) is 18.2. The number of piperidine rings is 1. The Hall–Kier alpha value is -2.83. The highest BCUT2D eigenvalue weighted by molar-refractivity contribution is 6.35. The summed E-state index contributed by atoms with van der Waals surface area (Å²) in [6, 6.07) is 12.8. The van der Waals surface area contributed by atoms with Crippen molar-refractivity contribution >= 4 is 35.0 Å². The fraction of sp³-hybridized carbons (Fsp3) is 0.320. The minimum Gasteiger partial charge on any atom is -0.444 e. The molecule has 0 atom stereocenters. The molecular weight excluding hydrogens is 461 g/mol. The van der Waals surface area contributed by atoms with Gasteiger partial charge in [-0.3, -0.25) is 9.59 Å². The fourth-order valence-electron chi connectivity index (χ4n) is 3.79. The lowest BCUT2D eigenvalue weighted by molar-refractivity contribution is -0.121. The quantitative estimate of drug-likeness (QED) is 0.477. The molecule has 4 rings (SSSR count). The van der Waals surface area contributed by atoms with Gasteiger partial charge in [0.05, 0.1) is 0 Å². The number of rotatable bonds is 7. The molecule has 1 N–H and O–H groups in total. The summed E-state index contributed by atoms with van der Waals surface area (Å²) in [5, 5.41) is 4.06. The number of aromatic nitrogens is 1. The molecule has 0 spiro atoms. The van der Waals surface area contributed by atoms with Crippen molar-refractivity contribution in [1.29, 1.82) is 0 Å². The van der Waals surface area contributed by atoms with Gasteiger partial charge in [-0.2, -0.15) is 0 Å². The third-order valence-electron chi connectivity index (χ3n) is 5.69. The van der Waals surface area contributed by atoms with Crippen LogP contribution in [0.4, 0.5) is 0 Å². The monoisotopic (exact) mass is 485 g/mol. The SMILES string of the molecule is O=C(CCc1ccc(Cl)cc1Cl)NCc1ccc(-c2nc(C(=O)N3CCCCC3)co2)cc1. The standard InChI is InChI=1S/C25H25Cl2N3O3/c26-20-10-8-18(21(27)14-20)9-11-23(31)28-15-17-4-6-19(7-5-17)24-29-22(16-33-24)25(32)30-12-2-1-3-13-30/h4-8,10,14,16H,1-3,9,11-13,15H2,(H,28,31). The minimum atomic E-state index is -0.0797. The maximum Gasteiger partial charge on any atom is 0.275 e. The summed E-state index contributed by atoms with van der Waals surface area (Å²) in [7, 11) is 0. The van der Waals surface area contributed by atoms with E-state index in [1.165, 1.54) is 6.26 Å². The lowest BCUT2D eigenvalue weighted by Crippen LogP contribution is -2.35. The molecule has 33 heavy (non-hydrogen) atoms. The first-order valence-corrected chi connectivity index (χ1v) is 11.8. The smallest absolute Gasteiger partial charge is 0.275 e. The molecule has 6 nitrogen and oxygen atoms in total. The first-order chi connectivity index (χ1) is 16.0. The molecule has 1 aromatic heterocycles. The van der Waals surface area contributed by atoms with Crippen molar-refractivity contribution in [3.05, 3.63) is 75.6 Å². The van der Waals surface area contributed by atoms with E-state index in [0.29, 0.717) is 41.0 Å². The Kier molecular flexibility index (Phi) is 7.68. The van der Waals surface area contributed by atoms with Gasteiger partial charge in [-0.25, -0.2) is 4.98 Å². The number of carbonyl (C=O) groups excluding carboxylic acids is 2. The van der Waals surface area contributed by atoms with Crippen LogP contribution in [0.15, 0.2) is 53.1 Å². The van der Waals surface area contributed by atoms with E-state index in [2.05, 4.69) is 10.3 Å². The number of carbonyl (C=O) groups is 2. The lowest BCUT2D eigenvalue weighted by Gasteiger charge is -2.25. The van der Waals surface area contributed by atoms with Crippen molar-refractivity contribution in [3.8, 4) is 11.5 Å². The van der Waals surface area contributed by atoms with Gasteiger partial charge in [-0.15, -0.1) is 0 Å². The van der Waals surface area contributed by atoms with Gasteiger partial charge in [0.2, 0.25) is 11.8 Å². The average molecular weight is 486 g/mol. The van der Waals surface area contributed by atoms with Crippen molar-refractivity contribution in [3.63, 3.8) is 0 Å². The molecule has 1 aliphatic rings. The summed E-state index contributed by atoms with van der Waals surface area (Å²) < 4.78 is 5.54. The summed E-state index contributed by atoms with van der Waals surface area (Å²) in [6.07, 6.45) is 5.53.